The number of aromatic amines is 1. The molecule has 1 fully saturated rings. The Kier molecular flexibility index (Phi) is 5.26. The summed E-state index contributed by atoms with van der Waals surface area (Å²) in [6.45, 7) is 0. The van der Waals surface area contributed by atoms with Gasteiger partial charge in [-0.2, -0.15) is 0 Å². The highest BCUT2D eigenvalue weighted by Crippen LogP contribution is 2.38. The van der Waals surface area contributed by atoms with Gasteiger partial charge >= 0.3 is 6.03 Å². The lowest BCUT2D eigenvalue weighted by atomic mass is 10.2. The summed E-state index contributed by atoms with van der Waals surface area (Å²) in [5, 5.41) is 7.05. The third-order valence-electron chi connectivity index (χ3n) is 6.45. The number of nitrogens with two attached hydrogens (primary N) is 1. The van der Waals surface area contributed by atoms with Gasteiger partial charge in [0.1, 0.15) is 23.6 Å². The molecule has 10 heteroatoms. The highest BCUT2D eigenvalue weighted by Gasteiger charge is 2.24. The molecule has 0 bridgehead atoms. The third kappa shape index (κ3) is 4.04. The molecule has 2 amide bonds. The molecule has 2 aromatic carbocycles. The molecule has 3 aromatic heterocycles. The summed E-state index contributed by atoms with van der Waals surface area (Å²) in [6.07, 6.45) is 8.28. The molecule has 0 saturated heterocycles. The van der Waals surface area contributed by atoms with E-state index in [4.69, 9.17) is 22.3 Å². The zero-order valence-electron chi connectivity index (χ0n) is 18.8. The molecule has 9 nitrogen and oxygen atoms in total. The van der Waals surface area contributed by atoms with Gasteiger partial charge in [0, 0.05) is 34.2 Å². The topological polar surface area (TPSA) is 127 Å². The van der Waals surface area contributed by atoms with Crippen molar-refractivity contribution < 1.29 is 4.79 Å². The second kappa shape index (κ2) is 8.59. The SMILES string of the molecule is Nc1ncnc2c1c(-c1nc3ccc(NC(=O)Nc4ccc(Cl)cc4)cc3[nH]1)cn2C1CCCC1. The monoisotopic (exact) mass is 486 g/mol. The number of aromatic nitrogens is 5. The fourth-order valence-electron chi connectivity index (χ4n) is 4.79. The number of H-pyrrole nitrogens is 1. The maximum atomic E-state index is 12.4. The van der Waals surface area contributed by atoms with Crippen molar-refractivity contribution >= 4 is 56.9 Å². The summed E-state index contributed by atoms with van der Waals surface area (Å²) < 4.78 is 2.22. The number of carbonyl (C=O) groups is 1. The van der Waals surface area contributed by atoms with Gasteiger partial charge in [0.2, 0.25) is 0 Å². The van der Waals surface area contributed by atoms with Gasteiger partial charge < -0.3 is 25.9 Å². The molecule has 1 aliphatic carbocycles. The molecule has 3 heterocycles. The van der Waals surface area contributed by atoms with Crippen LogP contribution in [0.15, 0.2) is 55.0 Å². The molecule has 35 heavy (non-hydrogen) atoms. The number of amides is 2. The second-order valence-electron chi connectivity index (χ2n) is 8.75. The highest BCUT2D eigenvalue weighted by atomic mass is 35.5. The minimum absolute atomic E-state index is 0.351. The summed E-state index contributed by atoms with van der Waals surface area (Å²) in [5.74, 6) is 1.12. The second-order valence-corrected chi connectivity index (χ2v) is 9.19. The molecule has 5 aromatic rings. The zero-order chi connectivity index (χ0) is 23.9. The fraction of sp³-hybridized carbons (Fsp3) is 0.200. The van der Waals surface area contributed by atoms with Crippen LogP contribution in [0.2, 0.25) is 5.02 Å². The molecule has 1 saturated carbocycles. The molecule has 0 radical (unpaired) electrons. The Morgan fingerprint density at radius 3 is 2.60 bits per heavy atom. The van der Waals surface area contributed by atoms with Crippen LogP contribution in [0.4, 0.5) is 22.0 Å². The minimum atomic E-state index is -0.351. The number of halogens is 1. The third-order valence-corrected chi connectivity index (χ3v) is 6.71. The summed E-state index contributed by atoms with van der Waals surface area (Å²) in [5.41, 5.74) is 10.8. The van der Waals surface area contributed by atoms with Crippen LogP contribution in [-0.4, -0.2) is 30.5 Å². The molecular weight excluding hydrogens is 464 g/mol. The predicted molar refractivity (Wildman–Crippen MR) is 139 cm³/mol. The summed E-state index contributed by atoms with van der Waals surface area (Å²) in [6, 6.07) is 12.5. The van der Waals surface area contributed by atoms with Gasteiger partial charge in [-0.05, 0) is 55.3 Å². The van der Waals surface area contributed by atoms with Gasteiger partial charge in [0.25, 0.3) is 0 Å². The Morgan fingerprint density at radius 2 is 1.80 bits per heavy atom. The number of imidazole rings is 1. The highest BCUT2D eigenvalue weighted by molar-refractivity contribution is 6.30. The van der Waals surface area contributed by atoms with E-state index in [-0.39, 0.29) is 6.03 Å². The van der Waals surface area contributed by atoms with Crippen LogP contribution < -0.4 is 16.4 Å². The van der Waals surface area contributed by atoms with E-state index >= 15 is 0 Å². The Labute approximate surface area is 205 Å². The number of hydrogen-bond donors (Lipinski definition) is 4. The van der Waals surface area contributed by atoms with Crippen molar-refractivity contribution in [3.8, 4) is 11.4 Å². The Bertz CT molecular complexity index is 1550. The summed E-state index contributed by atoms with van der Waals surface area (Å²) in [7, 11) is 0. The van der Waals surface area contributed by atoms with Gasteiger partial charge in [-0.1, -0.05) is 24.4 Å². The van der Waals surface area contributed by atoms with Crippen molar-refractivity contribution in [2.45, 2.75) is 31.7 Å². The molecule has 0 unspecified atom stereocenters. The molecular formula is C25H23ClN8O. The molecule has 0 atom stereocenters. The van der Waals surface area contributed by atoms with E-state index in [1.165, 1.54) is 19.2 Å². The normalized spacial score (nSPS) is 14.1. The Hall–Kier alpha value is -4.11. The summed E-state index contributed by atoms with van der Waals surface area (Å²) >= 11 is 5.90. The van der Waals surface area contributed by atoms with Crippen LogP contribution in [0, 0.1) is 0 Å². The molecule has 176 valence electrons. The van der Waals surface area contributed by atoms with Gasteiger partial charge in [-0.3, -0.25) is 0 Å². The lowest BCUT2D eigenvalue weighted by Crippen LogP contribution is -2.19. The number of benzene rings is 2. The molecule has 0 aliphatic heterocycles. The van der Waals surface area contributed by atoms with Crippen LogP contribution >= 0.6 is 11.6 Å². The Morgan fingerprint density at radius 1 is 1.06 bits per heavy atom. The van der Waals surface area contributed by atoms with Crippen molar-refractivity contribution in [2.75, 3.05) is 16.4 Å². The molecule has 6 rings (SSSR count). The standard InChI is InChI=1S/C25H23ClN8O/c26-14-5-7-15(8-6-14)30-25(35)31-16-9-10-19-20(11-16)33-23(32-19)18-12-34(17-3-1-2-4-17)24-21(18)22(27)28-13-29-24/h5-13,17H,1-4H2,(H,32,33)(H2,27,28,29)(H2,30,31,35). The molecule has 1 aliphatic rings. The average molecular weight is 487 g/mol. The van der Waals surface area contributed by atoms with E-state index in [1.807, 2.05) is 18.2 Å². The number of nitrogens with one attached hydrogen (secondary N) is 3. The lowest BCUT2D eigenvalue weighted by molar-refractivity contribution is 0.262. The molecule has 5 N–H and O–H groups in total. The first kappa shape index (κ1) is 21.4. The van der Waals surface area contributed by atoms with Gasteiger partial charge in [-0.25, -0.2) is 19.7 Å². The zero-order valence-corrected chi connectivity index (χ0v) is 19.5. The fourth-order valence-corrected chi connectivity index (χ4v) is 4.92. The Balaban J connectivity index is 1.31. The van der Waals surface area contributed by atoms with Gasteiger partial charge in [0.15, 0.2) is 0 Å². The van der Waals surface area contributed by atoms with Crippen molar-refractivity contribution in [1.29, 1.82) is 0 Å². The van der Waals surface area contributed by atoms with E-state index < -0.39 is 0 Å². The summed E-state index contributed by atoms with van der Waals surface area (Å²) in [4.78, 5) is 29.4. The van der Waals surface area contributed by atoms with Crippen molar-refractivity contribution in [3.63, 3.8) is 0 Å². The maximum Gasteiger partial charge on any atom is 0.323 e. The van der Waals surface area contributed by atoms with Gasteiger partial charge in [0.05, 0.1) is 16.4 Å². The number of urea groups is 1. The first-order valence-electron chi connectivity index (χ1n) is 11.5. The average Bonchev–Trinajstić information content (AvgIpc) is 3.58. The minimum Gasteiger partial charge on any atom is -0.383 e. The lowest BCUT2D eigenvalue weighted by Gasteiger charge is -2.12. The number of hydrogen-bond acceptors (Lipinski definition) is 5. The van der Waals surface area contributed by atoms with Crippen LogP contribution in [-0.2, 0) is 0 Å². The molecule has 0 spiro atoms. The number of carbonyl (C=O) groups excluding carboxylic acids is 1. The van der Waals surface area contributed by atoms with E-state index in [2.05, 4.69) is 36.3 Å². The number of fused-ring (bicyclic) bond motifs is 2. The van der Waals surface area contributed by atoms with E-state index in [0.29, 0.717) is 34.1 Å². The number of nitrogens with zero attached hydrogens (tertiary/aromatic N) is 4. The van der Waals surface area contributed by atoms with Crippen LogP contribution in [0.5, 0.6) is 0 Å². The van der Waals surface area contributed by atoms with E-state index in [0.717, 1.165) is 40.5 Å². The number of nitrogen functional groups attached to an aromatic ring is 1. The maximum absolute atomic E-state index is 12.4. The largest absolute Gasteiger partial charge is 0.383 e. The van der Waals surface area contributed by atoms with E-state index in [9.17, 15) is 4.79 Å². The smallest absolute Gasteiger partial charge is 0.323 e. The van der Waals surface area contributed by atoms with Crippen LogP contribution in [0.25, 0.3) is 33.5 Å². The van der Waals surface area contributed by atoms with Crippen LogP contribution in [0.3, 0.4) is 0 Å². The van der Waals surface area contributed by atoms with Crippen molar-refractivity contribution in [1.82, 2.24) is 24.5 Å². The first-order valence-corrected chi connectivity index (χ1v) is 11.9. The quantitative estimate of drug-likeness (QED) is 0.249. The van der Waals surface area contributed by atoms with E-state index in [1.54, 1.807) is 24.3 Å². The van der Waals surface area contributed by atoms with Gasteiger partial charge in [-0.15, -0.1) is 0 Å². The number of rotatable bonds is 4. The van der Waals surface area contributed by atoms with Crippen LogP contribution in [0.1, 0.15) is 31.7 Å². The number of anilines is 3. The van der Waals surface area contributed by atoms with Crippen molar-refractivity contribution in [3.05, 3.63) is 60.0 Å². The predicted octanol–water partition coefficient (Wildman–Crippen LogP) is 5.97. The van der Waals surface area contributed by atoms with Crippen molar-refractivity contribution in [2.24, 2.45) is 0 Å². The first-order chi connectivity index (χ1) is 17.0.